The first-order valence-corrected chi connectivity index (χ1v) is 12.0. The number of rotatable bonds is 7. The molecule has 1 amide bonds. The van der Waals surface area contributed by atoms with E-state index in [9.17, 15) is 4.79 Å². The molecule has 2 fully saturated rings. The van der Waals surface area contributed by atoms with Crippen LogP contribution in [-0.4, -0.2) is 82.5 Å². The summed E-state index contributed by atoms with van der Waals surface area (Å²) in [6.45, 7) is 8.47. The Labute approximate surface area is 190 Å². The molecule has 2 aliphatic rings. The normalized spacial score (nSPS) is 17.9. The highest BCUT2D eigenvalue weighted by atomic mass is 16.2. The number of benzene rings is 2. The highest BCUT2D eigenvalue weighted by Crippen LogP contribution is 2.22. The summed E-state index contributed by atoms with van der Waals surface area (Å²) in [5, 5.41) is 0. The second-order valence-corrected chi connectivity index (χ2v) is 8.96. The molecule has 3 aromatic rings. The number of piperazine rings is 1. The number of likely N-dealkylation sites (tertiary alicyclic amines) is 1. The van der Waals surface area contributed by atoms with E-state index in [2.05, 4.69) is 32.6 Å². The molecule has 6 nitrogen and oxygen atoms in total. The highest BCUT2D eigenvalue weighted by Gasteiger charge is 2.22. The maximum absolute atomic E-state index is 13.0. The van der Waals surface area contributed by atoms with Gasteiger partial charge in [0.25, 0.3) is 0 Å². The van der Waals surface area contributed by atoms with Crippen molar-refractivity contribution in [3.63, 3.8) is 0 Å². The fourth-order valence-corrected chi connectivity index (χ4v) is 5.00. The number of carbonyl (C=O) groups excluding carboxylic acids is 1. The zero-order valence-corrected chi connectivity index (χ0v) is 18.8. The van der Waals surface area contributed by atoms with E-state index in [0.29, 0.717) is 12.8 Å². The average molecular weight is 432 g/mol. The summed E-state index contributed by atoms with van der Waals surface area (Å²) in [6, 6.07) is 18.5. The number of imidazole rings is 1. The Morgan fingerprint density at radius 1 is 0.781 bits per heavy atom. The van der Waals surface area contributed by atoms with E-state index in [-0.39, 0.29) is 5.91 Å². The Bertz CT molecular complexity index is 1030. The third kappa shape index (κ3) is 4.71. The van der Waals surface area contributed by atoms with Crippen LogP contribution < -0.4 is 0 Å². The van der Waals surface area contributed by atoms with Crippen LogP contribution in [0, 0.1) is 0 Å². The molecule has 0 unspecified atom stereocenters. The molecule has 0 bridgehead atoms. The molecule has 0 aliphatic carbocycles. The molecule has 2 aliphatic heterocycles. The number of carbonyl (C=O) groups is 1. The van der Waals surface area contributed by atoms with Crippen molar-refractivity contribution < 1.29 is 4.79 Å². The minimum absolute atomic E-state index is 0.246. The van der Waals surface area contributed by atoms with Crippen LogP contribution in [0.1, 0.15) is 25.1 Å². The standard InChI is InChI=1S/C26H33N5O/c32-26(30-20-18-29(19-21-30)17-16-28-14-6-7-15-28)13-12-25-27-23-10-4-5-11-24(23)31(25)22-8-2-1-3-9-22/h1-5,8-11H,6-7,12-21H2. The molecule has 0 saturated carbocycles. The molecule has 168 valence electrons. The number of aryl methyl sites for hydroxylation is 1. The lowest BCUT2D eigenvalue weighted by Crippen LogP contribution is -2.50. The fourth-order valence-electron chi connectivity index (χ4n) is 5.00. The van der Waals surface area contributed by atoms with Crippen molar-refractivity contribution in [3.05, 3.63) is 60.4 Å². The van der Waals surface area contributed by atoms with Crippen LogP contribution in [0.5, 0.6) is 0 Å². The highest BCUT2D eigenvalue weighted by molar-refractivity contribution is 5.79. The summed E-state index contributed by atoms with van der Waals surface area (Å²) in [5.74, 6) is 1.20. The van der Waals surface area contributed by atoms with Crippen LogP contribution in [0.15, 0.2) is 54.6 Å². The van der Waals surface area contributed by atoms with Crippen molar-refractivity contribution in [2.24, 2.45) is 0 Å². The number of fused-ring (bicyclic) bond motifs is 1. The quantitative estimate of drug-likeness (QED) is 0.576. The molecule has 3 heterocycles. The Balaban J connectivity index is 1.19. The molecule has 5 rings (SSSR count). The van der Waals surface area contributed by atoms with Crippen LogP contribution in [-0.2, 0) is 11.2 Å². The summed E-state index contributed by atoms with van der Waals surface area (Å²) >= 11 is 0. The van der Waals surface area contributed by atoms with Crippen molar-refractivity contribution in [2.75, 3.05) is 52.4 Å². The van der Waals surface area contributed by atoms with Crippen molar-refractivity contribution in [2.45, 2.75) is 25.7 Å². The van der Waals surface area contributed by atoms with E-state index < -0.39 is 0 Å². The molecular formula is C26H33N5O. The van der Waals surface area contributed by atoms with Crippen LogP contribution in [0.25, 0.3) is 16.7 Å². The average Bonchev–Trinajstić information content (AvgIpc) is 3.49. The minimum Gasteiger partial charge on any atom is -0.340 e. The third-order valence-electron chi connectivity index (χ3n) is 6.86. The molecule has 6 heteroatoms. The van der Waals surface area contributed by atoms with Gasteiger partial charge in [0.05, 0.1) is 11.0 Å². The van der Waals surface area contributed by atoms with Gasteiger partial charge in [-0.1, -0.05) is 30.3 Å². The second kappa shape index (κ2) is 9.84. The summed E-state index contributed by atoms with van der Waals surface area (Å²) in [6.07, 6.45) is 3.85. The monoisotopic (exact) mass is 431 g/mol. The predicted molar refractivity (Wildman–Crippen MR) is 128 cm³/mol. The molecular weight excluding hydrogens is 398 g/mol. The maximum atomic E-state index is 13.0. The zero-order chi connectivity index (χ0) is 21.8. The molecule has 0 radical (unpaired) electrons. The Hall–Kier alpha value is -2.70. The van der Waals surface area contributed by atoms with Crippen molar-refractivity contribution in [1.82, 2.24) is 24.3 Å². The van der Waals surface area contributed by atoms with Gasteiger partial charge in [-0.15, -0.1) is 0 Å². The van der Waals surface area contributed by atoms with E-state index in [1.807, 2.05) is 41.3 Å². The number of aromatic nitrogens is 2. The van der Waals surface area contributed by atoms with Crippen molar-refractivity contribution in [1.29, 1.82) is 0 Å². The van der Waals surface area contributed by atoms with Gasteiger partial charge in [-0.2, -0.15) is 0 Å². The lowest BCUT2D eigenvalue weighted by atomic mass is 10.2. The second-order valence-electron chi connectivity index (χ2n) is 8.96. The molecule has 0 N–H and O–H groups in total. The predicted octanol–water partition coefficient (Wildman–Crippen LogP) is 3.20. The SMILES string of the molecule is O=C(CCc1nc2ccccc2n1-c1ccccc1)N1CCN(CCN2CCCC2)CC1. The van der Waals surface area contributed by atoms with Gasteiger partial charge in [0.15, 0.2) is 0 Å². The largest absolute Gasteiger partial charge is 0.340 e. The first-order chi connectivity index (χ1) is 15.8. The van der Waals surface area contributed by atoms with Gasteiger partial charge in [-0.25, -0.2) is 4.98 Å². The summed E-state index contributed by atoms with van der Waals surface area (Å²) in [4.78, 5) is 25.0. The summed E-state index contributed by atoms with van der Waals surface area (Å²) < 4.78 is 2.19. The molecule has 0 atom stereocenters. The summed E-state index contributed by atoms with van der Waals surface area (Å²) in [7, 11) is 0. The van der Waals surface area contributed by atoms with E-state index in [1.165, 1.54) is 32.5 Å². The van der Waals surface area contributed by atoms with Gasteiger partial charge in [0.2, 0.25) is 5.91 Å². The number of amides is 1. The Morgan fingerprint density at radius 2 is 1.44 bits per heavy atom. The Morgan fingerprint density at radius 3 is 2.19 bits per heavy atom. The zero-order valence-electron chi connectivity index (χ0n) is 18.8. The molecule has 2 aromatic carbocycles. The van der Waals surface area contributed by atoms with Gasteiger partial charge in [-0.3, -0.25) is 14.3 Å². The molecule has 32 heavy (non-hydrogen) atoms. The lowest BCUT2D eigenvalue weighted by Gasteiger charge is -2.35. The van der Waals surface area contributed by atoms with Crippen LogP contribution in [0.4, 0.5) is 0 Å². The summed E-state index contributed by atoms with van der Waals surface area (Å²) in [5.41, 5.74) is 3.16. The van der Waals surface area contributed by atoms with Gasteiger partial charge < -0.3 is 9.80 Å². The molecule has 2 saturated heterocycles. The van der Waals surface area contributed by atoms with E-state index in [4.69, 9.17) is 4.98 Å². The van der Waals surface area contributed by atoms with Crippen molar-refractivity contribution >= 4 is 16.9 Å². The van der Waals surface area contributed by atoms with Crippen molar-refractivity contribution in [3.8, 4) is 5.69 Å². The van der Waals surface area contributed by atoms with Crippen LogP contribution in [0.2, 0.25) is 0 Å². The third-order valence-corrected chi connectivity index (χ3v) is 6.86. The first kappa shape index (κ1) is 21.2. The molecule has 1 aromatic heterocycles. The fraction of sp³-hybridized carbons (Fsp3) is 0.462. The van der Waals surface area contributed by atoms with E-state index in [1.54, 1.807) is 0 Å². The van der Waals surface area contributed by atoms with Crippen LogP contribution in [0.3, 0.4) is 0 Å². The maximum Gasteiger partial charge on any atom is 0.223 e. The van der Waals surface area contributed by atoms with Crippen LogP contribution >= 0.6 is 0 Å². The van der Waals surface area contributed by atoms with Gasteiger partial charge in [0.1, 0.15) is 5.82 Å². The molecule has 0 spiro atoms. The number of hydrogen-bond donors (Lipinski definition) is 0. The smallest absolute Gasteiger partial charge is 0.223 e. The van der Waals surface area contributed by atoms with E-state index >= 15 is 0 Å². The number of hydrogen-bond acceptors (Lipinski definition) is 4. The Kier molecular flexibility index (Phi) is 6.51. The van der Waals surface area contributed by atoms with Gasteiger partial charge in [0, 0.05) is 57.8 Å². The number of nitrogens with zero attached hydrogens (tertiary/aromatic N) is 5. The topological polar surface area (TPSA) is 44.6 Å². The van der Waals surface area contributed by atoms with Gasteiger partial charge >= 0.3 is 0 Å². The lowest BCUT2D eigenvalue weighted by molar-refractivity contribution is -0.132. The first-order valence-electron chi connectivity index (χ1n) is 12.0. The van der Waals surface area contributed by atoms with Gasteiger partial charge in [-0.05, 0) is 50.2 Å². The minimum atomic E-state index is 0.246. The number of para-hydroxylation sites is 3. The van der Waals surface area contributed by atoms with E-state index in [0.717, 1.165) is 55.3 Å².